The summed E-state index contributed by atoms with van der Waals surface area (Å²) in [6, 6.07) is 1.89. The van der Waals surface area contributed by atoms with E-state index in [2.05, 4.69) is 0 Å². The third-order valence-corrected chi connectivity index (χ3v) is 6.10. The number of carboxylic acid groups (broad SMARTS) is 1. The summed E-state index contributed by atoms with van der Waals surface area (Å²) in [4.78, 5) is 10.9. The Kier molecular flexibility index (Phi) is 3.33. The summed E-state index contributed by atoms with van der Waals surface area (Å²) in [5.74, 6) is 1.61. The zero-order valence-corrected chi connectivity index (χ0v) is 13.6. The van der Waals surface area contributed by atoms with Crippen molar-refractivity contribution in [3.05, 3.63) is 22.8 Å². The SMILES string of the molecule is CC1(CCC(=O)O)CCc2cc(O)c3c(c2O1)C1CCC3CC1. The molecule has 4 nitrogen and oxygen atoms in total. The van der Waals surface area contributed by atoms with Gasteiger partial charge in [0.05, 0.1) is 0 Å². The monoisotopic (exact) mass is 316 g/mol. The van der Waals surface area contributed by atoms with Gasteiger partial charge in [-0.25, -0.2) is 0 Å². The van der Waals surface area contributed by atoms with Crippen LogP contribution in [-0.4, -0.2) is 21.8 Å². The van der Waals surface area contributed by atoms with Crippen molar-refractivity contribution in [2.24, 2.45) is 0 Å². The van der Waals surface area contributed by atoms with E-state index in [-0.39, 0.29) is 6.42 Å². The molecule has 2 bridgehead atoms. The lowest BCUT2D eigenvalue weighted by Crippen LogP contribution is -2.38. The van der Waals surface area contributed by atoms with Gasteiger partial charge in [0.1, 0.15) is 17.1 Å². The average Bonchev–Trinajstić information content (AvgIpc) is 2.55. The van der Waals surface area contributed by atoms with Crippen molar-refractivity contribution in [2.75, 3.05) is 0 Å². The van der Waals surface area contributed by atoms with E-state index in [1.807, 2.05) is 13.0 Å². The van der Waals surface area contributed by atoms with Crippen molar-refractivity contribution in [2.45, 2.75) is 75.7 Å². The normalized spacial score (nSPS) is 31.2. The number of hydrogen-bond acceptors (Lipinski definition) is 3. The van der Waals surface area contributed by atoms with Crippen molar-refractivity contribution in [3.8, 4) is 11.5 Å². The minimum atomic E-state index is -0.771. The Hall–Kier alpha value is -1.71. The molecule has 1 heterocycles. The van der Waals surface area contributed by atoms with Crippen LogP contribution in [0.5, 0.6) is 11.5 Å². The van der Waals surface area contributed by atoms with E-state index < -0.39 is 11.6 Å². The van der Waals surface area contributed by atoms with E-state index in [4.69, 9.17) is 9.84 Å². The van der Waals surface area contributed by atoms with E-state index in [0.29, 0.717) is 24.0 Å². The van der Waals surface area contributed by atoms with Gasteiger partial charge in [0.25, 0.3) is 0 Å². The maximum Gasteiger partial charge on any atom is 0.303 e. The van der Waals surface area contributed by atoms with Crippen molar-refractivity contribution in [1.29, 1.82) is 0 Å². The van der Waals surface area contributed by atoms with Gasteiger partial charge >= 0.3 is 5.97 Å². The van der Waals surface area contributed by atoms with Gasteiger partial charge in [-0.3, -0.25) is 4.79 Å². The van der Waals surface area contributed by atoms with Gasteiger partial charge in [-0.1, -0.05) is 0 Å². The number of rotatable bonds is 3. The molecule has 0 saturated heterocycles. The highest BCUT2D eigenvalue weighted by Crippen LogP contribution is 2.57. The first-order valence-corrected chi connectivity index (χ1v) is 8.76. The fraction of sp³-hybridized carbons (Fsp3) is 0.632. The number of aliphatic carboxylic acids is 1. The number of carbonyl (C=O) groups is 1. The van der Waals surface area contributed by atoms with E-state index in [0.717, 1.165) is 29.7 Å². The molecule has 5 rings (SSSR count). The molecule has 1 saturated carbocycles. The van der Waals surface area contributed by atoms with Gasteiger partial charge in [0, 0.05) is 17.5 Å². The molecule has 1 aliphatic heterocycles. The smallest absolute Gasteiger partial charge is 0.303 e. The first-order valence-electron chi connectivity index (χ1n) is 8.76. The predicted molar refractivity (Wildman–Crippen MR) is 86.3 cm³/mol. The molecule has 2 N–H and O–H groups in total. The number of aryl methyl sites for hydroxylation is 1. The highest BCUT2D eigenvalue weighted by atomic mass is 16.5. The standard InChI is InChI=1S/C19H24O4/c1-19(9-7-15(21)22)8-6-13-10-14(20)16-11-2-4-12(5-3-11)17(16)18(13)23-19/h10-12,20H,2-9H2,1H3,(H,21,22). The van der Waals surface area contributed by atoms with E-state index >= 15 is 0 Å². The molecule has 0 amide bonds. The van der Waals surface area contributed by atoms with Crippen LogP contribution in [0, 0.1) is 0 Å². The third-order valence-electron chi connectivity index (χ3n) is 6.10. The zero-order valence-electron chi connectivity index (χ0n) is 13.6. The Morgan fingerprint density at radius 3 is 2.57 bits per heavy atom. The number of benzene rings is 1. The van der Waals surface area contributed by atoms with Gasteiger partial charge in [0.2, 0.25) is 0 Å². The molecule has 1 aromatic carbocycles. The number of ether oxygens (including phenoxy) is 1. The van der Waals surface area contributed by atoms with E-state index in [9.17, 15) is 9.90 Å². The molecule has 23 heavy (non-hydrogen) atoms. The largest absolute Gasteiger partial charge is 0.508 e. The van der Waals surface area contributed by atoms with Gasteiger partial charge in [0.15, 0.2) is 0 Å². The average molecular weight is 316 g/mol. The highest BCUT2D eigenvalue weighted by Gasteiger charge is 2.41. The number of aromatic hydroxyl groups is 1. The number of phenols is 1. The fourth-order valence-corrected chi connectivity index (χ4v) is 4.80. The Labute approximate surface area is 136 Å². The molecular weight excluding hydrogens is 292 g/mol. The van der Waals surface area contributed by atoms with Crippen molar-refractivity contribution >= 4 is 5.97 Å². The maximum atomic E-state index is 10.9. The van der Waals surface area contributed by atoms with Crippen LogP contribution in [-0.2, 0) is 11.2 Å². The molecule has 1 fully saturated rings. The second kappa shape index (κ2) is 5.15. The Morgan fingerprint density at radius 2 is 1.91 bits per heavy atom. The molecule has 1 atom stereocenters. The molecule has 1 unspecified atom stereocenters. The molecule has 124 valence electrons. The van der Waals surface area contributed by atoms with Gasteiger partial charge in [-0.2, -0.15) is 0 Å². The minimum absolute atomic E-state index is 0.137. The number of fused-ring (bicyclic) bond motifs is 3. The summed E-state index contributed by atoms with van der Waals surface area (Å²) < 4.78 is 6.40. The third kappa shape index (κ3) is 2.39. The van der Waals surface area contributed by atoms with Crippen molar-refractivity contribution in [1.82, 2.24) is 0 Å². The Balaban J connectivity index is 1.74. The van der Waals surface area contributed by atoms with Crippen LogP contribution in [0.1, 0.15) is 80.4 Å². The second-order valence-electron chi connectivity index (χ2n) is 7.71. The summed E-state index contributed by atoms with van der Waals surface area (Å²) in [6.07, 6.45) is 7.03. The van der Waals surface area contributed by atoms with E-state index in [1.54, 1.807) is 0 Å². The van der Waals surface area contributed by atoms with Crippen LogP contribution in [0.25, 0.3) is 0 Å². The fourth-order valence-electron chi connectivity index (χ4n) is 4.80. The lowest BCUT2D eigenvalue weighted by molar-refractivity contribution is -0.138. The van der Waals surface area contributed by atoms with Crippen molar-refractivity contribution in [3.63, 3.8) is 0 Å². The quantitative estimate of drug-likeness (QED) is 0.881. The first kappa shape index (κ1) is 14.9. The van der Waals surface area contributed by atoms with Crippen LogP contribution in [0.2, 0.25) is 0 Å². The van der Waals surface area contributed by atoms with Crippen molar-refractivity contribution < 1.29 is 19.7 Å². The summed E-state index contributed by atoms with van der Waals surface area (Å²) in [5.41, 5.74) is 3.05. The van der Waals surface area contributed by atoms with Crippen LogP contribution in [0.4, 0.5) is 0 Å². The van der Waals surface area contributed by atoms with Gasteiger partial charge in [-0.15, -0.1) is 0 Å². The summed E-state index contributed by atoms with van der Waals surface area (Å²) in [6.45, 7) is 2.03. The highest BCUT2D eigenvalue weighted by molar-refractivity contribution is 5.66. The molecular formula is C19H24O4. The number of carboxylic acids is 1. The number of phenolic OH excluding ortho intramolecular Hbond substituents is 1. The molecule has 4 heteroatoms. The minimum Gasteiger partial charge on any atom is -0.508 e. The summed E-state index contributed by atoms with van der Waals surface area (Å²) >= 11 is 0. The lowest BCUT2D eigenvalue weighted by Gasteiger charge is -2.44. The molecule has 1 aromatic rings. The zero-order chi connectivity index (χ0) is 16.2. The molecule has 0 aromatic heterocycles. The Morgan fingerprint density at radius 1 is 1.26 bits per heavy atom. The van der Waals surface area contributed by atoms with E-state index in [1.165, 1.54) is 31.2 Å². The van der Waals surface area contributed by atoms with Crippen LogP contribution < -0.4 is 4.74 Å². The number of hydrogen-bond donors (Lipinski definition) is 2. The maximum absolute atomic E-state index is 10.9. The van der Waals surface area contributed by atoms with Gasteiger partial charge in [-0.05, 0) is 75.3 Å². The molecule has 0 radical (unpaired) electrons. The summed E-state index contributed by atoms with van der Waals surface area (Å²) in [5, 5.41) is 19.5. The topological polar surface area (TPSA) is 66.8 Å². The molecule has 4 aliphatic rings. The van der Waals surface area contributed by atoms with Crippen LogP contribution in [0.3, 0.4) is 0 Å². The molecule has 0 spiro atoms. The first-order chi connectivity index (χ1) is 11.0. The van der Waals surface area contributed by atoms with Gasteiger partial charge < -0.3 is 14.9 Å². The predicted octanol–water partition coefficient (Wildman–Crippen LogP) is 4.10. The van der Waals surface area contributed by atoms with Crippen LogP contribution >= 0.6 is 0 Å². The molecule has 3 aliphatic carbocycles. The summed E-state index contributed by atoms with van der Waals surface area (Å²) in [7, 11) is 0. The second-order valence-corrected chi connectivity index (χ2v) is 7.71. The lowest BCUT2D eigenvalue weighted by atomic mass is 9.65. The van der Waals surface area contributed by atoms with Crippen LogP contribution in [0.15, 0.2) is 6.07 Å². The Bertz CT molecular complexity index is 658.